The molecule has 0 spiro atoms. The van der Waals surface area contributed by atoms with Gasteiger partial charge in [-0.05, 0) is 31.4 Å². The maximum absolute atomic E-state index is 11.5. The van der Waals surface area contributed by atoms with Gasteiger partial charge in [-0.3, -0.25) is 14.6 Å². The number of carbonyl (C=O) groups excluding carboxylic acids is 1. The van der Waals surface area contributed by atoms with E-state index in [-0.39, 0.29) is 18.7 Å². The molecule has 1 heterocycles. The van der Waals surface area contributed by atoms with E-state index in [1.54, 1.807) is 24.4 Å². The summed E-state index contributed by atoms with van der Waals surface area (Å²) in [7, 11) is 0. The standard InChI is InChI=1S/C13H16N2O3/c16-12(15-9-4-5-9)7-6-10(13(17)18)11-3-1-2-8-14-11/h1-3,8-10H,4-7H2,(H,15,16)(H,17,18). The first kappa shape index (κ1) is 12.5. The number of carboxylic acids is 1. The van der Waals surface area contributed by atoms with E-state index in [1.165, 1.54) is 0 Å². The average Bonchev–Trinajstić information content (AvgIpc) is 3.14. The van der Waals surface area contributed by atoms with Crippen LogP contribution in [0, 0.1) is 0 Å². The van der Waals surface area contributed by atoms with Crippen molar-refractivity contribution in [3.8, 4) is 0 Å². The van der Waals surface area contributed by atoms with Crippen LogP contribution >= 0.6 is 0 Å². The fourth-order valence-electron chi connectivity index (χ4n) is 1.78. The Hall–Kier alpha value is -1.91. The summed E-state index contributed by atoms with van der Waals surface area (Å²) in [5.41, 5.74) is 0.504. The lowest BCUT2D eigenvalue weighted by molar-refractivity contribution is -0.139. The Morgan fingerprint density at radius 1 is 1.44 bits per heavy atom. The van der Waals surface area contributed by atoms with Crippen LogP contribution in [0.15, 0.2) is 24.4 Å². The third-order valence-electron chi connectivity index (χ3n) is 2.95. The van der Waals surface area contributed by atoms with E-state index in [0.29, 0.717) is 11.7 Å². The second-order valence-corrected chi connectivity index (χ2v) is 4.53. The molecule has 5 nitrogen and oxygen atoms in total. The number of hydrogen-bond donors (Lipinski definition) is 2. The molecule has 0 saturated heterocycles. The van der Waals surface area contributed by atoms with Gasteiger partial charge in [-0.25, -0.2) is 0 Å². The van der Waals surface area contributed by atoms with Crippen LogP contribution in [0.25, 0.3) is 0 Å². The van der Waals surface area contributed by atoms with E-state index in [1.807, 2.05) is 0 Å². The Morgan fingerprint density at radius 2 is 2.22 bits per heavy atom. The van der Waals surface area contributed by atoms with Crippen molar-refractivity contribution < 1.29 is 14.7 Å². The second kappa shape index (κ2) is 5.62. The van der Waals surface area contributed by atoms with Gasteiger partial charge >= 0.3 is 5.97 Å². The number of pyridine rings is 1. The quantitative estimate of drug-likeness (QED) is 0.795. The van der Waals surface area contributed by atoms with Crippen molar-refractivity contribution in [1.82, 2.24) is 10.3 Å². The smallest absolute Gasteiger partial charge is 0.312 e. The normalized spacial score (nSPS) is 16.0. The van der Waals surface area contributed by atoms with Crippen molar-refractivity contribution in [3.63, 3.8) is 0 Å². The Kier molecular flexibility index (Phi) is 3.92. The van der Waals surface area contributed by atoms with Crippen molar-refractivity contribution in [3.05, 3.63) is 30.1 Å². The van der Waals surface area contributed by atoms with Gasteiger partial charge in [0.15, 0.2) is 0 Å². The van der Waals surface area contributed by atoms with Crippen molar-refractivity contribution in [2.75, 3.05) is 0 Å². The minimum atomic E-state index is -0.937. The maximum atomic E-state index is 11.5. The summed E-state index contributed by atoms with van der Waals surface area (Å²) in [6.07, 6.45) is 4.15. The number of carboxylic acid groups (broad SMARTS) is 1. The number of hydrogen-bond acceptors (Lipinski definition) is 3. The molecule has 1 aromatic rings. The SMILES string of the molecule is O=C(CCC(C(=O)O)c1ccccn1)NC1CC1. The van der Waals surface area contributed by atoms with Gasteiger partial charge in [0.1, 0.15) is 0 Å². The van der Waals surface area contributed by atoms with E-state index in [4.69, 9.17) is 5.11 Å². The number of carbonyl (C=O) groups is 2. The summed E-state index contributed by atoms with van der Waals surface area (Å²) >= 11 is 0. The molecule has 1 atom stereocenters. The van der Waals surface area contributed by atoms with Crippen LogP contribution < -0.4 is 5.32 Å². The van der Waals surface area contributed by atoms with Gasteiger partial charge in [0.05, 0.1) is 11.6 Å². The predicted molar refractivity (Wildman–Crippen MR) is 65.0 cm³/mol. The van der Waals surface area contributed by atoms with E-state index >= 15 is 0 Å². The van der Waals surface area contributed by atoms with Crippen LogP contribution in [0.4, 0.5) is 0 Å². The topological polar surface area (TPSA) is 79.3 Å². The summed E-state index contributed by atoms with van der Waals surface area (Å²) < 4.78 is 0. The zero-order chi connectivity index (χ0) is 13.0. The molecule has 1 aliphatic rings. The lowest BCUT2D eigenvalue weighted by Gasteiger charge is -2.11. The Balaban J connectivity index is 1.90. The molecule has 0 aromatic carbocycles. The minimum absolute atomic E-state index is 0.0697. The fraction of sp³-hybridized carbons (Fsp3) is 0.462. The monoisotopic (exact) mass is 248 g/mol. The number of aromatic nitrogens is 1. The molecular weight excluding hydrogens is 232 g/mol. The van der Waals surface area contributed by atoms with Gasteiger partial charge in [-0.1, -0.05) is 6.07 Å². The van der Waals surface area contributed by atoms with Crippen LogP contribution in [0.1, 0.15) is 37.3 Å². The van der Waals surface area contributed by atoms with E-state index in [2.05, 4.69) is 10.3 Å². The van der Waals surface area contributed by atoms with Gasteiger partial charge in [0, 0.05) is 18.7 Å². The average molecular weight is 248 g/mol. The number of amides is 1. The highest BCUT2D eigenvalue weighted by Crippen LogP contribution is 2.21. The molecule has 96 valence electrons. The first-order valence-electron chi connectivity index (χ1n) is 6.10. The molecule has 1 saturated carbocycles. The lowest BCUT2D eigenvalue weighted by atomic mass is 9.99. The largest absolute Gasteiger partial charge is 0.481 e. The van der Waals surface area contributed by atoms with Crippen LogP contribution in [-0.4, -0.2) is 28.0 Å². The first-order valence-corrected chi connectivity index (χ1v) is 6.10. The van der Waals surface area contributed by atoms with E-state index in [0.717, 1.165) is 12.8 Å². The van der Waals surface area contributed by atoms with Gasteiger partial charge < -0.3 is 10.4 Å². The third-order valence-corrected chi connectivity index (χ3v) is 2.95. The summed E-state index contributed by atoms with van der Waals surface area (Å²) in [5, 5.41) is 12.0. The Morgan fingerprint density at radius 3 is 2.78 bits per heavy atom. The summed E-state index contributed by atoms with van der Waals surface area (Å²) in [6, 6.07) is 5.48. The Bertz CT molecular complexity index is 429. The molecule has 1 amide bonds. The second-order valence-electron chi connectivity index (χ2n) is 4.53. The van der Waals surface area contributed by atoms with Crippen LogP contribution in [-0.2, 0) is 9.59 Å². The minimum Gasteiger partial charge on any atom is -0.481 e. The van der Waals surface area contributed by atoms with Crippen molar-refractivity contribution >= 4 is 11.9 Å². The molecule has 1 aromatic heterocycles. The third kappa shape index (κ3) is 3.55. The number of nitrogens with one attached hydrogen (secondary N) is 1. The van der Waals surface area contributed by atoms with Crippen molar-refractivity contribution in [1.29, 1.82) is 0 Å². The van der Waals surface area contributed by atoms with Gasteiger partial charge in [-0.15, -0.1) is 0 Å². The molecule has 0 aliphatic heterocycles. The highest BCUT2D eigenvalue weighted by Gasteiger charge is 2.25. The Labute approximate surface area is 105 Å². The molecule has 18 heavy (non-hydrogen) atoms. The molecule has 0 radical (unpaired) electrons. The molecule has 2 rings (SSSR count). The van der Waals surface area contributed by atoms with Crippen LogP contribution in [0.3, 0.4) is 0 Å². The predicted octanol–water partition coefficient (Wildman–Crippen LogP) is 1.31. The highest BCUT2D eigenvalue weighted by atomic mass is 16.4. The lowest BCUT2D eigenvalue weighted by Crippen LogP contribution is -2.26. The number of aliphatic carboxylic acids is 1. The fourth-order valence-corrected chi connectivity index (χ4v) is 1.78. The van der Waals surface area contributed by atoms with Gasteiger partial charge in [0.2, 0.25) is 5.91 Å². The van der Waals surface area contributed by atoms with Crippen LogP contribution in [0.5, 0.6) is 0 Å². The zero-order valence-corrected chi connectivity index (χ0v) is 10.0. The van der Waals surface area contributed by atoms with Crippen molar-refractivity contribution in [2.24, 2.45) is 0 Å². The highest BCUT2D eigenvalue weighted by molar-refractivity contribution is 5.79. The molecule has 2 N–H and O–H groups in total. The maximum Gasteiger partial charge on any atom is 0.312 e. The summed E-state index contributed by atoms with van der Waals surface area (Å²) in [6.45, 7) is 0. The first-order chi connectivity index (χ1) is 8.66. The molecule has 1 unspecified atom stereocenters. The van der Waals surface area contributed by atoms with Gasteiger partial charge in [-0.2, -0.15) is 0 Å². The molecule has 0 bridgehead atoms. The van der Waals surface area contributed by atoms with E-state index < -0.39 is 11.9 Å². The molecule has 1 fully saturated rings. The van der Waals surface area contributed by atoms with Crippen LogP contribution in [0.2, 0.25) is 0 Å². The molecule has 5 heteroatoms. The number of nitrogens with zero attached hydrogens (tertiary/aromatic N) is 1. The van der Waals surface area contributed by atoms with E-state index in [9.17, 15) is 9.59 Å². The summed E-state index contributed by atoms with van der Waals surface area (Å²) in [4.78, 5) is 26.7. The van der Waals surface area contributed by atoms with Crippen molar-refractivity contribution in [2.45, 2.75) is 37.6 Å². The zero-order valence-electron chi connectivity index (χ0n) is 10.0. The van der Waals surface area contributed by atoms with Gasteiger partial charge in [0.25, 0.3) is 0 Å². The molecular formula is C13H16N2O3. The summed E-state index contributed by atoms with van der Waals surface area (Å²) in [5.74, 6) is -1.72. The number of rotatable bonds is 6. The molecule has 1 aliphatic carbocycles.